The van der Waals surface area contributed by atoms with E-state index in [9.17, 15) is 18.0 Å². The first-order valence-corrected chi connectivity index (χ1v) is 15.4. The van der Waals surface area contributed by atoms with Crippen LogP contribution in [0, 0.1) is 0 Å². The number of sulfonamides is 1. The van der Waals surface area contributed by atoms with E-state index in [0.29, 0.717) is 17.9 Å². The van der Waals surface area contributed by atoms with Crippen molar-refractivity contribution < 1.29 is 32.2 Å². The Kier molecular flexibility index (Phi) is 11.1. The maximum Gasteiger partial charge on any atom is 0.244 e. The number of carbonyl (C=O) groups is 2. The van der Waals surface area contributed by atoms with Gasteiger partial charge in [0.15, 0.2) is 0 Å². The molecule has 0 aliphatic heterocycles. The van der Waals surface area contributed by atoms with E-state index in [1.807, 2.05) is 19.1 Å². The number of nitrogens with zero attached hydrogens (tertiary/aromatic N) is 2. The number of methoxy groups -OCH3 is 3. The summed E-state index contributed by atoms with van der Waals surface area (Å²) < 4.78 is 42.9. The third-order valence-electron chi connectivity index (χ3n) is 7.16. The van der Waals surface area contributed by atoms with Crippen LogP contribution in [0.2, 0.25) is 0 Å². The van der Waals surface area contributed by atoms with Crippen LogP contribution in [-0.4, -0.2) is 71.3 Å². The van der Waals surface area contributed by atoms with Gasteiger partial charge in [-0.1, -0.05) is 38.3 Å². The molecule has 1 atom stereocenters. The second-order valence-corrected chi connectivity index (χ2v) is 11.9. The quantitative estimate of drug-likeness (QED) is 0.387. The van der Waals surface area contributed by atoms with Crippen molar-refractivity contribution in [3.8, 4) is 17.2 Å². The average Bonchev–Trinajstić information content (AvgIpc) is 2.95. The molecule has 40 heavy (non-hydrogen) atoms. The minimum absolute atomic E-state index is 0.0696. The fourth-order valence-corrected chi connectivity index (χ4v) is 5.87. The number of hydrogen-bond acceptors (Lipinski definition) is 7. The van der Waals surface area contributed by atoms with E-state index in [4.69, 9.17) is 14.2 Å². The van der Waals surface area contributed by atoms with Gasteiger partial charge in [-0.3, -0.25) is 13.9 Å². The highest BCUT2D eigenvalue weighted by Crippen LogP contribution is 2.34. The van der Waals surface area contributed by atoms with E-state index in [1.54, 1.807) is 31.4 Å². The van der Waals surface area contributed by atoms with Gasteiger partial charge in [0.05, 0.1) is 33.3 Å². The molecule has 0 aromatic heterocycles. The number of benzene rings is 2. The summed E-state index contributed by atoms with van der Waals surface area (Å²) in [6, 6.07) is 11.2. The number of amides is 2. The lowest BCUT2D eigenvalue weighted by molar-refractivity contribution is -0.140. The van der Waals surface area contributed by atoms with E-state index < -0.39 is 28.5 Å². The lowest BCUT2D eigenvalue weighted by Crippen LogP contribution is -2.54. The first-order chi connectivity index (χ1) is 19.1. The minimum atomic E-state index is -3.91. The van der Waals surface area contributed by atoms with Crippen molar-refractivity contribution in [3.05, 3.63) is 48.0 Å². The molecule has 0 bridgehead atoms. The predicted molar refractivity (Wildman–Crippen MR) is 154 cm³/mol. The van der Waals surface area contributed by atoms with E-state index in [1.165, 1.54) is 25.2 Å². The molecule has 1 fully saturated rings. The van der Waals surface area contributed by atoms with Crippen molar-refractivity contribution in [1.82, 2.24) is 10.2 Å². The first-order valence-electron chi connectivity index (χ1n) is 13.5. The largest absolute Gasteiger partial charge is 0.497 e. The van der Waals surface area contributed by atoms with Crippen LogP contribution in [0.25, 0.3) is 0 Å². The van der Waals surface area contributed by atoms with Gasteiger partial charge in [0.2, 0.25) is 21.8 Å². The Bertz CT molecular complexity index is 1260. The molecular weight excluding hydrogens is 534 g/mol. The zero-order valence-electron chi connectivity index (χ0n) is 24.0. The van der Waals surface area contributed by atoms with Gasteiger partial charge in [-0.25, -0.2) is 8.42 Å². The average molecular weight is 576 g/mol. The topological polar surface area (TPSA) is 114 Å². The van der Waals surface area contributed by atoms with Crippen molar-refractivity contribution in [2.75, 3.05) is 38.4 Å². The summed E-state index contributed by atoms with van der Waals surface area (Å²) in [4.78, 5) is 29.0. The molecule has 1 N–H and O–H groups in total. The molecule has 220 valence electrons. The van der Waals surface area contributed by atoms with Crippen molar-refractivity contribution in [2.45, 2.75) is 64.1 Å². The van der Waals surface area contributed by atoms with Gasteiger partial charge in [0, 0.05) is 18.7 Å². The van der Waals surface area contributed by atoms with Crippen molar-refractivity contribution >= 4 is 27.5 Å². The molecule has 2 aromatic rings. The van der Waals surface area contributed by atoms with Crippen LogP contribution in [0.3, 0.4) is 0 Å². The van der Waals surface area contributed by atoms with Crippen LogP contribution >= 0.6 is 0 Å². The SMILES string of the molecule is CC[C@@H](C(=O)NC1CCCCC1)N(Cc1cccc(OC)c1)C(=O)CN(c1ccc(OC)cc1OC)S(C)(=O)=O. The molecular formula is C29H41N3O7S. The summed E-state index contributed by atoms with van der Waals surface area (Å²) in [5.74, 6) is 0.574. The minimum Gasteiger partial charge on any atom is -0.497 e. The Morgan fingerprint density at radius 2 is 1.65 bits per heavy atom. The first kappa shape index (κ1) is 31.1. The van der Waals surface area contributed by atoms with E-state index in [2.05, 4.69) is 5.32 Å². The summed E-state index contributed by atoms with van der Waals surface area (Å²) >= 11 is 0. The summed E-state index contributed by atoms with van der Waals surface area (Å²) in [7, 11) is 0.550. The third-order valence-corrected chi connectivity index (χ3v) is 8.29. The van der Waals surface area contributed by atoms with Crippen molar-refractivity contribution in [1.29, 1.82) is 0 Å². The Morgan fingerprint density at radius 3 is 2.25 bits per heavy atom. The normalized spacial score (nSPS) is 14.6. The number of hydrogen-bond donors (Lipinski definition) is 1. The monoisotopic (exact) mass is 575 g/mol. The van der Waals surface area contributed by atoms with Crippen LogP contribution in [-0.2, 0) is 26.2 Å². The number of nitrogens with one attached hydrogen (secondary N) is 1. The molecule has 1 saturated carbocycles. The molecule has 10 nitrogen and oxygen atoms in total. The van der Waals surface area contributed by atoms with Gasteiger partial charge in [-0.2, -0.15) is 0 Å². The zero-order chi connectivity index (χ0) is 29.3. The molecule has 3 rings (SSSR count). The molecule has 0 radical (unpaired) electrons. The molecule has 1 aliphatic carbocycles. The highest BCUT2D eigenvalue weighted by atomic mass is 32.2. The Balaban J connectivity index is 1.97. The van der Waals surface area contributed by atoms with Crippen LogP contribution in [0.5, 0.6) is 17.2 Å². The molecule has 0 saturated heterocycles. The summed E-state index contributed by atoms with van der Waals surface area (Å²) in [5.41, 5.74) is 0.949. The molecule has 0 heterocycles. The van der Waals surface area contributed by atoms with Gasteiger partial charge in [-0.15, -0.1) is 0 Å². The number of ether oxygens (including phenoxy) is 3. The lowest BCUT2D eigenvalue weighted by atomic mass is 9.95. The van der Waals surface area contributed by atoms with E-state index in [0.717, 1.165) is 48.2 Å². The second kappa shape index (κ2) is 14.2. The van der Waals surface area contributed by atoms with E-state index in [-0.39, 0.29) is 29.9 Å². The molecule has 11 heteroatoms. The van der Waals surface area contributed by atoms with Crippen LogP contribution in [0.4, 0.5) is 5.69 Å². The van der Waals surface area contributed by atoms with Gasteiger partial charge in [0.25, 0.3) is 0 Å². The molecule has 0 spiro atoms. The Labute approximate surface area is 237 Å². The Hall–Kier alpha value is -3.47. The highest BCUT2D eigenvalue weighted by molar-refractivity contribution is 7.92. The summed E-state index contributed by atoms with van der Waals surface area (Å²) in [6.45, 7) is 1.43. The van der Waals surface area contributed by atoms with Gasteiger partial charge >= 0.3 is 0 Å². The highest BCUT2D eigenvalue weighted by Gasteiger charge is 2.33. The van der Waals surface area contributed by atoms with Crippen molar-refractivity contribution in [2.24, 2.45) is 0 Å². The van der Waals surface area contributed by atoms with Gasteiger partial charge in [0.1, 0.15) is 29.8 Å². The molecule has 1 aliphatic rings. The number of rotatable bonds is 13. The fraction of sp³-hybridized carbons (Fsp3) is 0.517. The van der Waals surface area contributed by atoms with Crippen LogP contribution in [0.1, 0.15) is 51.0 Å². The maximum atomic E-state index is 14.0. The summed E-state index contributed by atoms with van der Waals surface area (Å²) in [6.07, 6.45) is 6.47. The van der Waals surface area contributed by atoms with Crippen LogP contribution < -0.4 is 23.8 Å². The lowest BCUT2D eigenvalue weighted by Gasteiger charge is -2.34. The number of anilines is 1. The molecule has 0 unspecified atom stereocenters. The summed E-state index contributed by atoms with van der Waals surface area (Å²) in [5, 5.41) is 3.14. The van der Waals surface area contributed by atoms with E-state index >= 15 is 0 Å². The van der Waals surface area contributed by atoms with Gasteiger partial charge in [-0.05, 0) is 49.1 Å². The number of carbonyl (C=O) groups excluding carboxylic acids is 2. The standard InChI is InChI=1S/C29H41N3O7S/c1-6-25(29(34)30-22-12-8-7-9-13-22)31(19-21-11-10-14-23(17-21)37-2)28(33)20-32(40(5,35)36)26-16-15-24(38-3)18-27(26)39-4/h10-11,14-18,22,25H,6-9,12-13,19-20H2,1-5H3,(H,30,34)/t25-/m0/s1. The maximum absolute atomic E-state index is 14.0. The fourth-order valence-electron chi connectivity index (χ4n) is 5.02. The zero-order valence-corrected chi connectivity index (χ0v) is 24.8. The van der Waals surface area contributed by atoms with Crippen LogP contribution in [0.15, 0.2) is 42.5 Å². The molecule has 2 amide bonds. The smallest absolute Gasteiger partial charge is 0.244 e. The van der Waals surface area contributed by atoms with Crippen molar-refractivity contribution in [3.63, 3.8) is 0 Å². The second-order valence-electron chi connectivity index (χ2n) is 9.95. The molecule has 2 aromatic carbocycles. The predicted octanol–water partition coefficient (Wildman–Crippen LogP) is 3.73. The van der Waals surface area contributed by atoms with Gasteiger partial charge < -0.3 is 24.4 Å². The third kappa shape index (κ3) is 8.03. The Morgan fingerprint density at radius 1 is 0.975 bits per heavy atom.